The van der Waals surface area contributed by atoms with E-state index >= 15 is 0 Å². The minimum atomic E-state index is -1.32. The normalized spacial score (nSPS) is 12.1. The molecule has 76 valence electrons. The zero-order valence-electron chi connectivity index (χ0n) is 8.06. The van der Waals surface area contributed by atoms with E-state index in [4.69, 9.17) is 9.84 Å². The molecule has 0 spiro atoms. The van der Waals surface area contributed by atoms with Crippen LogP contribution in [0.1, 0.15) is 18.6 Å². The second-order valence-corrected chi connectivity index (χ2v) is 2.78. The van der Waals surface area contributed by atoms with Gasteiger partial charge in [0, 0.05) is 12.7 Å². The van der Waals surface area contributed by atoms with Crippen LogP contribution >= 0.6 is 0 Å². The lowest BCUT2D eigenvalue weighted by Crippen LogP contribution is -2.07. The summed E-state index contributed by atoms with van der Waals surface area (Å²) in [6.45, 7) is 1.82. The van der Waals surface area contributed by atoms with Crippen LogP contribution in [-0.4, -0.2) is 18.4 Å². The standard InChI is InChI=1S/C10H12O4/c1-7(13-2)8-5-3-4-6-9(8)14-10(11)12/h3-7H,1-2H3,(H,11,12). The molecule has 1 aromatic carbocycles. The largest absolute Gasteiger partial charge is 0.511 e. The molecule has 0 radical (unpaired) electrons. The first-order valence-electron chi connectivity index (χ1n) is 4.17. The molecule has 0 heterocycles. The van der Waals surface area contributed by atoms with Crippen LogP contribution in [0, 0.1) is 0 Å². The molecule has 0 bridgehead atoms. The van der Waals surface area contributed by atoms with E-state index in [0.717, 1.165) is 5.56 Å². The lowest BCUT2D eigenvalue weighted by atomic mass is 10.1. The highest BCUT2D eigenvalue weighted by Gasteiger charge is 2.12. The van der Waals surface area contributed by atoms with Crippen molar-refractivity contribution in [1.82, 2.24) is 0 Å². The number of carbonyl (C=O) groups is 1. The van der Waals surface area contributed by atoms with Gasteiger partial charge in [0.15, 0.2) is 0 Å². The average Bonchev–Trinajstić information content (AvgIpc) is 2.16. The SMILES string of the molecule is COC(C)c1ccccc1OC(=O)O. The summed E-state index contributed by atoms with van der Waals surface area (Å²) in [7, 11) is 1.56. The monoisotopic (exact) mass is 196 g/mol. The summed E-state index contributed by atoms with van der Waals surface area (Å²) in [6.07, 6.45) is -1.51. The fourth-order valence-electron chi connectivity index (χ4n) is 1.13. The maximum atomic E-state index is 10.4. The summed E-state index contributed by atoms with van der Waals surface area (Å²) >= 11 is 0. The van der Waals surface area contributed by atoms with E-state index in [2.05, 4.69) is 4.74 Å². The minimum absolute atomic E-state index is 0.189. The average molecular weight is 196 g/mol. The van der Waals surface area contributed by atoms with E-state index in [0.29, 0.717) is 5.75 Å². The summed E-state index contributed by atoms with van der Waals surface area (Å²) in [5.41, 5.74) is 0.720. The van der Waals surface area contributed by atoms with E-state index in [1.807, 2.05) is 6.92 Å². The fraction of sp³-hybridized carbons (Fsp3) is 0.300. The Morgan fingerprint density at radius 3 is 2.64 bits per heavy atom. The number of hydrogen-bond donors (Lipinski definition) is 1. The second kappa shape index (κ2) is 4.62. The fourth-order valence-corrected chi connectivity index (χ4v) is 1.13. The Labute approximate surface area is 82.1 Å². The van der Waals surface area contributed by atoms with E-state index in [1.165, 1.54) is 0 Å². The van der Waals surface area contributed by atoms with Crippen LogP contribution in [-0.2, 0) is 4.74 Å². The summed E-state index contributed by atoms with van der Waals surface area (Å²) in [4.78, 5) is 10.4. The molecule has 1 aromatic rings. The molecule has 0 saturated carbocycles. The van der Waals surface area contributed by atoms with Crippen LogP contribution in [0.15, 0.2) is 24.3 Å². The number of para-hydroxylation sites is 1. The Morgan fingerprint density at radius 1 is 1.43 bits per heavy atom. The molecule has 1 unspecified atom stereocenters. The lowest BCUT2D eigenvalue weighted by molar-refractivity contribution is 0.113. The van der Waals surface area contributed by atoms with Crippen molar-refractivity contribution in [3.8, 4) is 5.75 Å². The van der Waals surface area contributed by atoms with Crippen LogP contribution in [0.4, 0.5) is 4.79 Å². The molecule has 0 aliphatic rings. The zero-order valence-corrected chi connectivity index (χ0v) is 8.06. The number of methoxy groups -OCH3 is 1. The predicted molar refractivity (Wildman–Crippen MR) is 50.5 cm³/mol. The zero-order chi connectivity index (χ0) is 10.6. The van der Waals surface area contributed by atoms with E-state index in [1.54, 1.807) is 31.4 Å². The smallest absolute Gasteiger partial charge is 0.449 e. The molecule has 1 rings (SSSR count). The Hall–Kier alpha value is -1.55. The summed E-state index contributed by atoms with van der Waals surface area (Å²) in [5.74, 6) is 0.314. The molecule has 14 heavy (non-hydrogen) atoms. The van der Waals surface area contributed by atoms with Crippen molar-refractivity contribution in [2.24, 2.45) is 0 Å². The predicted octanol–water partition coefficient (Wildman–Crippen LogP) is 2.45. The molecule has 0 aliphatic carbocycles. The molecule has 0 aromatic heterocycles. The molecular weight excluding hydrogens is 184 g/mol. The number of hydrogen-bond acceptors (Lipinski definition) is 3. The molecule has 4 heteroatoms. The van der Waals surface area contributed by atoms with Crippen LogP contribution in [0.5, 0.6) is 5.75 Å². The highest BCUT2D eigenvalue weighted by molar-refractivity contribution is 5.62. The van der Waals surface area contributed by atoms with Crippen LogP contribution < -0.4 is 4.74 Å². The van der Waals surface area contributed by atoms with Crippen molar-refractivity contribution in [1.29, 1.82) is 0 Å². The molecule has 0 fully saturated rings. The van der Waals surface area contributed by atoms with Crippen molar-refractivity contribution in [2.45, 2.75) is 13.0 Å². The Bertz CT molecular complexity index is 322. The number of carboxylic acid groups (broad SMARTS) is 1. The van der Waals surface area contributed by atoms with Crippen molar-refractivity contribution < 1.29 is 19.4 Å². The van der Waals surface area contributed by atoms with E-state index < -0.39 is 6.16 Å². The Morgan fingerprint density at radius 2 is 2.07 bits per heavy atom. The highest BCUT2D eigenvalue weighted by atomic mass is 16.7. The van der Waals surface area contributed by atoms with Crippen molar-refractivity contribution in [3.63, 3.8) is 0 Å². The van der Waals surface area contributed by atoms with Gasteiger partial charge in [-0.15, -0.1) is 0 Å². The molecular formula is C10H12O4. The summed E-state index contributed by atoms with van der Waals surface area (Å²) < 4.78 is 9.69. The van der Waals surface area contributed by atoms with Gasteiger partial charge < -0.3 is 14.6 Å². The van der Waals surface area contributed by atoms with Gasteiger partial charge in [-0.05, 0) is 13.0 Å². The van der Waals surface area contributed by atoms with Crippen molar-refractivity contribution in [3.05, 3.63) is 29.8 Å². The lowest BCUT2D eigenvalue weighted by Gasteiger charge is -2.13. The molecule has 1 N–H and O–H groups in total. The van der Waals surface area contributed by atoms with Crippen molar-refractivity contribution >= 4 is 6.16 Å². The van der Waals surface area contributed by atoms with Gasteiger partial charge in [0.05, 0.1) is 6.10 Å². The van der Waals surface area contributed by atoms with Gasteiger partial charge in [0.2, 0.25) is 0 Å². The van der Waals surface area contributed by atoms with Crippen LogP contribution in [0.3, 0.4) is 0 Å². The van der Waals surface area contributed by atoms with Gasteiger partial charge in [-0.2, -0.15) is 0 Å². The summed E-state index contributed by atoms with van der Waals surface area (Å²) in [6, 6.07) is 6.88. The van der Waals surface area contributed by atoms with Gasteiger partial charge in [-0.3, -0.25) is 0 Å². The van der Waals surface area contributed by atoms with Gasteiger partial charge in [-0.25, -0.2) is 4.79 Å². The third-order valence-corrected chi connectivity index (χ3v) is 1.91. The molecule has 1 atom stereocenters. The van der Waals surface area contributed by atoms with Gasteiger partial charge >= 0.3 is 6.16 Å². The maximum Gasteiger partial charge on any atom is 0.511 e. The third kappa shape index (κ3) is 2.47. The molecule has 4 nitrogen and oxygen atoms in total. The second-order valence-electron chi connectivity index (χ2n) is 2.78. The Kier molecular flexibility index (Phi) is 3.48. The van der Waals surface area contributed by atoms with Gasteiger partial charge in [0.1, 0.15) is 5.75 Å². The van der Waals surface area contributed by atoms with Gasteiger partial charge in [-0.1, -0.05) is 18.2 Å². The number of rotatable bonds is 3. The minimum Gasteiger partial charge on any atom is -0.449 e. The topological polar surface area (TPSA) is 55.8 Å². The molecule has 0 amide bonds. The van der Waals surface area contributed by atoms with Crippen LogP contribution in [0.2, 0.25) is 0 Å². The van der Waals surface area contributed by atoms with Crippen LogP contribution in [0.25, 0.3) is 0 Å². The third-order valence-electron chi connectivity index (χ3n) is 1.91. The van der Waals surface area contributed by atoms with E-state index in [9.17, 15) is 4.79 Å². The van der Waals surface area contributed by atoms with Crippen molar-refractivity contribution in [2.75, 3.05) is 7.11 Å². The number of benzene rings is 1. The van der Waals surface area contributed by atoms with Gasteiger partial charge in [0.25, 0.3) is 0 Å². The first-order valence-corrected chi connectivity index (χ1v) is 4.17. The maximum absolute atomic E-state index is 10.4. The Balaban J connectivity index is 2.96. The first kappa shape index (κ1) is 10.5. The highest BCUT2D eigenvalue weighted by Crippen LogP contribution is 2.26. The molecule has 0 aliphatic heterocycles. The molecule has 0 saturated heterocycles. The first-order chi connectivity index (χ1) is 6.65. The van der Waals surface area contributed by atoms with E-state index in [-0.39, 0.29) is 6.10 Å². The number of ether oxygens (including phenoxy) is 2. The summed E-state index contributed by atoms with van der Waals surface area (Å²) in [5, 5.41) is 8.48. The quantitative estimate of drug-likeness (QED) is 0.596.